The molecule has 17 heavy (non-hydrogen) atoms. The Morgan fingerprint density at radius 1 is 1.00 bits per heavy atom. The first kappa shape index (κ1) is 8.88. The molecule has 2 aliphatic rings. The van der Waals surface area contributed by atoms with E-state index in [-0.39, 0.29) is 0 Å². The molecule has 0 spiro atoms. The van der Waals surface area contributed by atoms with E-state index in [1.54, 1.807) is 0 Å². The number of anilines is 2. The molecule has 0 saturated heterocycles. The quantitative estimate of drug-likeness (QED) is 0.666. The van der Waals surface area contributed by atoms with Gasteiger partial charge in [-0.25, -0.2) is 0 Å². The van der Waals surface area contributed by atoms with E-state index in [0.29, 0.717) is 0 Å². The van der Waals surface area contributed by atoms with Crippen LogP contribution in [0.4, 0.5) is 11.4 Å². The highest BCUT2D eigenvalue weighted by Gasteiger charge is 2.32. The average Bonchev–Trinajstić information content (AvgIpc) is 2.69. The summed E-state index contributed by atoms with van der Waals surface area (Å²) >= 11 is 0. The molecule has 0 unspecified atom stereocenters. The molecule has 4 rings (SSSR count). The van der Waals surface area contributed by atoms with Crippen LogP contribution >= 0.6 is 0 Å². The van der Waals surface area contributed by atoms with Gasteiger partial charge in [0.1, 0.15) is 0 Å². The summed E-state index contributed by atoms with van der Waals surface area (Å²) in [7, 11) is 0. The first-order valence-electron chi connectivity index (χ1n) is 5.71. The lowest BCUT2D eigenvalue weighted by Gasteiger charge is -2.29. The molecule has 0 bridgehead atoms. The van der Waals surface area contributed by atoms with E-state index < -0.39 is 0 Å². The van der Waals surface area contributed by atoms with Crippen LogP contribution in [0.2, 0.25) is 0 Å². The predicted molar refractivity (Wildman–Crippen MR) is 67.9 cm³/mol. The van der Waals surface area contributed by atoms with E-state index in [2.05, 4.69) is 23.6 Å². The lowest BCUT2D eigenvalue weighted by molar-refractivity contribution is 0.477. The van der Waals surface area contributed by atoms with E-state index in [1.807, 2.05) is 30.3 Å². The summed E-state index contributed by atoms with van der Waals surface area (Å²) in [6.07, 6.45) is 0.904. The van der Waals surface area contributed by atoms with Crippen molar-refractivity contribution >= 4 is 11.4 Å². The van der Waals surface area contributed by atoms with E-state index >= 15 is 0 Å². The van der Waals surface area contributed by atoms with Gasteiger partial charge in [-0.2, -0.15) is 0 Å². The summed E-state index contributed by atoms with van der Waals surface area (Å²) in [5, 5.41) is 0. The van der Waals surface area contributed by atoms with Gasteiger partial charge in [0.15, 0.2) is 11.5 Å². The van der Waals surface area contributed by atoms with Crippen molar-refractivity contribution in [2.24, 2.45) is 0 Å². The molecule has 82 valence electrons. The van der Waals surface area contributed by atoms with Crippen LogP contribution in [0, 0.1) is 0 Å². The van der Waals surface area contributed by atoms with Crippen LogP contribution in [-0.2, 0) is 6.42 Å². The number of allylic oxidation sites excluding steroid dienone is 1. The molecule has 0 aliphatic carbocycles. The lowest BCUT2D eigenvalue weighted by Crippen LogP contribution is -2.15. The van der Waals surface area contributed by atoms with Gasteiger partial charge in [-0.1, -0.05) is 30.8 Å². The molecule has 0 radical (unpaired) electrons. The highest BCUT2D eigenvalue weighted by Crippen LogP contribution is 2.53. The molecule has 0 atom stereocenters. The fourth-order valence-corrected chi connectivity index (χ4v) is 2.64. The topological polar surface area (TPSA) is 12.5 Å². The lowest BCUT2D eigenvalue weighted by atomic mass is 10.1. The van der Waals surface area contributed by atoms with Crippen molar-refractivity contribution in [1.82, 2.24) is 0 Å². The Kier molecular flexibility index (Phi) is 1.52. The monoisotopic (exact) mass is 221 g/mol. The van der Waals surface area contributed by atoms with Gasteiger partial charge in [-0.05, 0) is 23.8 Å². The summed E-state index contributed by atoms with van der Waals surface area (Å²) in [5.74, 6) is 1.83. The maximum absolute atomic E-state index is 5.93. The number of para-hydroxylation sites is 3. The SMILES string of the molecule is C=C1Cc2cccc3c2N1c1ccccc1O3. The largest absolute Gasteiger partial charge is 0.453 e. The smallest absolute Gasteiger partial charge is 0.151 e. The minimum absolute atomic E-state index is 0.903. The van der Waals surface area contributed by atoms with Gasteiger partial charge in [-0.15, -0.1) is 0 Å². The molecule has 0 aromatic heterocycles. The van der Waals surface area contributed by atoms with Crippen LogP contribution < -0.4 is 9.64 Å². The molecule has 2 heteroatoms. The average molecular weight is 221 g/mol. The third-order valence-corrected chi connectivity index (χ3v) is 3.34. The molecule has 0 amide bonds. The standard InChI is InChI=1S/C15H11NO/c1-10-9-11-5-4-8-14-15(11)16(10)12-6-2-3-7-13(12)17-14/h2-8H,1,9H2. The Hall–Kier alpha value is -2.22. The normalized spacial score (nSPS) is 15.3. The van der Waals surface area contributed by atoms with Crippen molar-refractivity contribution in [3.63, 3.8) is 0 Å². The number of fused-ring (bicyclic) bond motifs is 2. The second-order valence-corrected chi connectivity index (χ2v) is 4.41. The number of benzene rings is 2. The summed E-state index contributed by atoms with van der Waals surface area (Å²) in [6.45, 7) is 4.17. The highest BCUT2D eigenvalue weighted by molar-refractivity contribution is 5.86. The Labute approximate surface area is 99.8 Å². The summed E-state index contributed by atoms with van der Waals surface area (Å²) in [6, 6.07) is 14.3. The number of ether oxygens (including phenoxy) is 1. The van der Waals surface area contributed by atoms with Gasteiger partial charge in [-0.3, -0.25) is 0 Å². The molecule has 2 heterocycles. The minimum Gasteiger partial charge on any atom is -0.453 e. The van der Waals surface area contributed by atoms with Crippen molar-refractivity contribution < 1.29 is 4.74 Å². The van der Waals surface area contributed by atoms with Crippen LogP contribution in [0.25, 0.3) is 0 Å². The first-order chi connectivity index (χ1) is 8.34. The third kappa shape index (κ3) is 1.04. The van der Waals surface area contributed by atoms with Gasteiger partial charge in [0.2, 0.25) is 0 Å². The van der Waals surface area contributed by atoms with Crippen molar-refractivity contribution in [1.29, 1.82) is 0 Å². The second kappa shape index (κ2) is 2.92. The molecule has 2 aromatic carbocycles. The molecule has 2 aromatic rings. The van der Waals surface area contributed by atoms with Crippen molar-refractivity contribution in [3.05, 3.63) is 60.3 Å². The minimum atomic E-state index is 0.903. The van der Waals surface area contributed by atoms with E-state index in [9.17, 15) is 0 Å². The second-order valence-electron chi connectivity index (χ2n) is 4.41. The highest BCUT2D eigenvalue weighted by atomic mass is 16.5. The Bertz CT molecular complexity index is 645. The first-order valence-corrected chi connectivity index (χ1v) is 5.71. The van der Waals surface area contributed by atoms with Crippen molar-refractivity contribution in [2.45, 2.75) is 6.42 Å². The van der Waals surface area contributed by atoms with E-state index in [4.69, 9.17) is 4.74 Å². The van der Waals surface area contributed by atoms with Gasteiger partial charge < -0.3 is 9.64 Å². The number of nitrogens with zero attached hydrogens (tertiary/aromatic N) is 1. The van der Waals surface area contributed by atoms with Crippen LogP contribution in [0.15, 0.2) is 54.7 Å². The zero-order valence-corrected chi connectivity index (χ0v) is 9.31. The zero-order valence-electron chi connectivity index (χ0n) is 9.31. The summed E-state index contributed by atoms with van der Waals surface area (Å²) in [5.41, 5.74) is 4.66. The van der Waals surface area contributed by atoms with Gasteiger partial charge >= 0.3 is 0 Å². The zero-order chi connectivity index (χ0) is 11.4. The van der Waals surface area contributed by atoms with Crippen molar-refractivity contribution in [2.75, 3.05) is 4.90 Å². The maximum atomic E-state index is 5.93. The Morgan fingerprint density at radius 3 is 2.76 bits per heavy atom. The van der Waals surface area contributed by atoms with Crippen LogP contribution in [-0.4, -0.2) is 0 Å². The fourth-order valence-electron chi connectivity index (χ4n) is 2.64. The molecule has 2 aliphatic heterocycles. The molecule has 0 N–H and O–H groups in total. The van der Waals surface area contributed by atoms with Crippen LogP contribution in [0.1, 0.15) is 5.56 Å². The van der Waals surface area contributed by atoms with E-state index in [0.717, 1.165) is 35.0 Å². The van der Waals surface area contributed by atoms with Gasteiger partial charge in [0.25, 0.3) is 0 Å². The molecular weight excluding hydrogens is 210 g/mol. The molecule has 0 saturated carbocycles. The summed E-state index contributed by atoms with van der Waals surface area (Å²) in [4.78, 5) is 2.21. The number of hydrogen-bond donors (Lipinski definition) is 0. The Balaban J connectivity index is 2.05. The maximum Gasteiger partial charge on any atom is 0.151 e. The summed E-state index contributed by atoms with van der Waals surface area (Å²) < 4.78 is 5.93. The molecular formula is C15H11NO. The number of hydrogen-bond acceptors (Lipinski definition) is 2. The number of rotatable bonds is 0. The van der Waals surface area contributed by atoms with Gasteiger partial charge in [0.05, 0.1) is 11.4 Å². The molecule has 2 nitrogen and oxygen atoms in total. The predicted octanol–water partition coefficient (Wildman–Crippen LogP) is 4.00. The third-order valence-electron chi connectivity index (χ3n) is 3.34. The fraction of sp³-hybridized carbons (Fsp3) is 0.0667. The van der Waals surface area contributed by atoms with Crippen LogP contribution in [0.5, 0.6) is 11.5 Å². The van der Waals surface area contributed by atoms with Crippen molar-refractivity contribution in [3.8, 4) is 11.5 Å². The van der Waals surface area contributed by atoms with Crippen LogP contribution in [0.3, 0.4) is 0 Å². The van der Waals surface area contributed by atoms with E-state index in [1.165, 1.54) is 5.56 Å². The Morgan fingerprint density at radius 2 is 1.82 bits per heavy atom. The van der Waals surface area contributed by atoms with Gasteiger partial charge in [0, 0.05) is 12.1 Å². The molecule has 0 fully saturated rings.